The third-order valence-corrected chi connectivity index (χ3v) is 7.21. The Morgan fingerprint density at radius 1 is 0.943 bits per heavy atom. The van der Waals surface area contributed by atoms with Crippen molar-refractivity contribution in [2.24, 2.45) is 0 Å². The Kier molecular flexibility index (Phi) is 8.31. The fourth-order valence-corrected chi connectivity index (χ4v) is 4.93. The van der Waals surface area contributed by atoms with Crippen LogP contribution in [0.4, 0.5) is 10.5 Å². The normalized spacial score (nSPS) is 14.6. The first-order chi connectivity index (χ1) is 17.0. The number of rotatable bonds is 9. The van der Waals surface area contributed by atoms with Crippen molar-refractivity contribution in [3.63, 3.8) is 0 Å². The van der Waals surface area contributed by atoms with E-state index < -0.39 is 0 Å². The third kappa shape index (κ3) is 6.16. The third-order valence-electron chi connectivity index (χ3n) is 5.78. The first kappa shape index (κ1) is 25.1. The zero-order valence-electron chi connectivity index (χ0n) is 19.7. The molecule has 1 heterocycles. The van der Waals surface area contributed by atoms with Gasteiger partial charge in [0.05, 0.1) is 11.4 Å². The number of hydrogen-bond acceptors (Lipinski definition) is 5. The van der Waals surface area contributed by atoms with E-state index in [-0.39, 0.29) is 17.7 Å². The highest BCUT2D eigenvalue weighted by Crippen LogP contribution is 2.36. The number of anilines is 1. The quantitative estimate of drug-likeness (QED) is 0.265. The van der Waals surface area contributed by atoms with Gasteiger partial charge >= 0.3 is 0 Å². The van der Waals surface area contributed by atoms with Crippen LogP contribution in [0.15, 0.2) is 82.2 Å². The molecular weight excluding hydrogens is 524 g/mol. The van der Waals surface area contributed by atoms with Crippen molar-refractivity contribution in [1.29, 1.82) is 0 Å². The molecule has 0 unspecified atom stereocenters. The van der Waals surface area contributed by atoms with Crippen LogP contribution in [0.1, 0.15) is 30.5 Å². The summed E-state index contributed by atoms with van der Waals surface area (Å²) < 4.78 is 7.16. The lowest BCUT2D eigenvalue weighted by atomic mass is 10.1. The topological polar surface area (TPSA) is 49.9 Å². The summed E-state index contributed by atoms with van der Waals surface area (Å²) in [6, 6.07) is 23.6. The number of hydrogen-bond donors (Lipinski definition) is 0. The van der Waals surface area contributed by atoms with Gasteiger partial charge in [0.25, 0.3) is 11.1 Å². The van der Waals surface area contributed by atoms with Gasteiger partial charge in [-0.25, -0.2) is 0 Å². The van der Waals surface area contributed by atoms with Crippen molar-refractivity contribution < 1.29 is 14.3 Å². The molecule has 3 aromatic carbocycles. The van der Waals surface area contributed by atoms with Crippen LogP contribution in [0, 0.1) is 0 Å². The molecule has 4 rings (SSSR count). The maximum Gasteiger partial charge on any atom is 0.293 e. The zero-order chi connectivity index (χ0) is 24.8. The first-order valence-corrected chi connectivity index (χ1v) is 13.1. The molecule has 0 aliphatic carbocycles. The largest absolute Gasteiger partial charge is 0.488 e. The number of carbonyl (C=O) groups excluding carboxylic acids is 2. The summed E-state index contributed by atoms with van der Waals surface area (Å²) in [6.45, 7) is 6.64. The van der Waals surface area contributed by atoms with Gasteiger partial charge in [0.15, 0.2) is 0 Å². The molecule has 5 nitrogen and oxygen atoms in total. The number of nitrogens with zero attached hydrogens (tertiary/aromatic N) is 2. The predicted molar refractivity (Wildman–Crippen MR) is 146 cm³/mol. The number of benzene rings is 3. The van der Waals surface area contributed by atoms with Crippen molar-refractivity contribution in [2.75, 3.05) is 18.0 Å². The number of imide groups is 1. The van der Waals surface area contributed by atoms with Gasteiger partial charge < -0.3 is 9.64 Å². The van der Waals surface area contributed by atoms with Gasteiger partial charge in [0.1, 0.15) is 12.4 Å². The molecule has 1 aliphatic rings. The summed E-state index contributed by atoms with van der Waals surface area (Å²) in [5, 5.41) is -0.268. The van der Waals surface area contributed by atoms with E-state index in [0.717, 1.165) is 51.7 Å². The maximum atomic E-state index is 13.1. The number of amides is 2. The van der Waals surface area contributed by atoms with Gasteiger partial charge in [-0.05, 0) is 67.1 Å². The molecule has 2 amide bonds. The SMILES string of the molecule is CCN(CC)c1ccc(/C=C2\SC(=O)N(Cc3ccc(Br)cc3)C2=O)c(OCc2ccccc2)c1. The minimum absolute atomic E-state index is 0.244. The number of carbonyl (C=O) groups is 2. The lowest BCUT2D eigenvalue weighted by Gasteiger charge is -2.22. The summed E-state index contributed by atoms with van der Waals surface area (Å²) in [5.74, 6) is 0.391. The fraction of sp³-hybridized carbons (Fsp3) is 0.214. The van der Waals surface area contributed by atoms with Gasteiger partial charge in [-0.1, -0.05) is 58.4 Å². The van der Waals surface area contributed by atoms with Crippen LogP contribution in [0.3, 0.4) is 0 Å². The summed E-state index contributed by atoms with van der Waals surface area (Å²) in [4.78, 5) is 29.7. The van der Waals surface area contributed by atoms with Crippen LogP contribution in [0.5, 0.6) is 5.75 Å². The number of ether oxygens (including phenoxy) is 1. The highest BCUT2D eigenvalue weighted by Gasteiger charge is 2.35. The molecule has 1 fully saturated rings. The van der Waals surface area contributed by atoms with Crippen molar-refractivity contribution >= 4 is 50.6 Å². The molecule has 0 spiro atoms. The van der Waals surface area contributed by atoms with E-state index in [9.17, 15) is 9.59 Å². The summed E-state index contributed by atoms with van der Waals surface area (Å²) in [7, 11) is 0. The Morgan fingerprint density at radius 2 is 1.66 bits per heavy atom. The number of thioether (sulfide) groups is 1. The van der Waals surface area contributed by atoms with E-state index >= 15 is 0 Å². The molecule has 1 aliphatic heterocycles. The van der Waals surface area contributed by atoms with E-state index in [4.69, 9.17) is 4.74 Å². The fourth-order valence-electron chi connectivity index (χ4n) is 3.84. The van der Waals surface area contributed by atoms with Gasteiger partial charge in [-0.15, -0.1) is 0 Å². The maximum absolute atomic E-state index is 13.1. The Hall–Kier alpha value is -3.03. The predicted octanol–water partition coefficient (Wildman–Crippen LogP) is 7.11. The minimum Gasteiger partial charge on any atom is -0.488 e. The van der Waals surface area contributed by atoms with Crippen LogP contribution in [0.25, 0.3) is 6.08 Å². The number of halogens is 1. The smallest absolute Gasteiger partial charge is 0.293 e. The Bertz CT molecular complexity index is 1220. The van der Waals surface area contributed by atoms with E-state index in [1.165, 1.54) is 4.90 Å². The van der Waals surface area contributed by atoms with E-state index in [0.29, 0.717) is 17.3 Å². The Labute approximate surface area is 218 Å². The molecule has 35 heavy (non-hydrogen) atoms. The monoisotopic (exact) mass is 550 g/mol. The van der Waals surface area contributed by atoms with Gasteiger partial charge in [-0.2, -0.15) is 0 Å². The molecule has 7 heteroatoms. The van der Waals surface area contributed by atoms with Crippen molar-refractivity contribution in [1.82, 2.24) is 4.90 Å². The first-order valence-electron chi connectivity index (χ1n) is 11.5. The van der Waals surface area contributed by atoms with Gasteiger partial charge in [-0.3, -0.25) is 14.5 Å². The lowest BCUT2D eigenvalue weighted by molar-refractivity contribution is -0.123. The lowest BCUT2D eigenvalue weighted by Crippen LogP contribution is -2.27. The van der Waals surface area contributed by atoms with Crippen LogP contribution in [-0.4, -0.2) is 29.1 Å². The highest BCUT2D eigenvalue weighted by molar-refractivity contribution is 9.10. The van der Waals surface area contributed by atoms with E-state index in [1.807, 2.05) is 72.8 Å². The van der Waals surface area contributed by atoms with Crippen LogP contribution in [0.2, 0.25) is 0 Å². The summed E-state index contributed by atoms with van der Waals surface area (Å²) >= 11 is 4.38. The molecule has 0 aromatic heterocycles. The second-order valence-corrected chi connectivity index (χ2v) is 9.97. The molecule has 0 bridgehead atoms. The van der Waals surface area contributed by atoms with Crippen molar-refractivity contribution in [3.8, 4) is 5.75 Å². The highest BCUT2D eigenvalue weighted by atomic mass is 79.9. The standard InChI is InChI=1S/C28H27BrN2O3S/c1-3-30(4-2)24-15-12-22(25(17-24)34-19-21-8-6-5-7-9-21)16-26-27(32)31(28(33)35-26)18-20-10-13-23(29)14-11-20/h5-17H,3-4,18-19H2,1-2H3/b26-16-. The van der Waals surface area contributed by atoms with E-state index in [2.05, 4.69) is 34.7 Å². The molecule has 180 valence electrons. The molecule has 0 atom stereocenters. The van der Waals surface area contributed by atoms with E-state index in [1.54, 1.807) is 6.08 Å². The van der Waals surface area contributed by atoms with Crippen molar-refractivity contribution in [2.45, 2.75) is 27.0 Å². The Balaban J connectivity index is 1.60. The zero-order valence-corrected chi connectivity index (χ0v) is 22.1. The molecular formula is C28H27BrN2O3S. The summed E-state index contributed by atoms with van der Waals surface area (Å²) in [6.07, 6.45) is 1.76. The van der Waals surface area contributed by atoms with Crippen LogP contribution in [-0.2, 0) is 17.9 Å². The minimum atomic E-state index is -0.287. The van der Waals surface area contributed by atoms with Crippen molar-refractivity contribution in [3.05, 3.63) is 98.9 Å². The Morgan fingerprint density at radius 3 is 2.34 bits per heavy atom. The van der Waals surface area contributed by atoms with Crippen LogP contribution >= 0.6 is 27.7 Å². The van der Waals surface area contributed by atoms with Gasteiger partial charge in [0.2, 0.25) is 0 Å². The molecule has 1 saturated heterocycles. The average Bonchev–Trinajstić information content (AvgIpc) is 3.13. The average molecular weight is 552 g/mol. The van der Waals surface area contributed by atoms with Gasteiger partial charge in [0, 0.05) is 34.9 Å². The second kappa shape index (κ2) is 11.6. The molecule has 0 N–H and O–H groups in total. The van der Waals surface area contributed by atoms with Crippen LogP contribution < -0.4 is 9.64 Å². The second-order valence-electron chi connectivity index (χ2n) is 8.06. The molecule has 3 aromatic rings. The summed E-state index contributed by atoms with van der Waals surface area (Å²) in [5.41, 5.74) is 3.78. The molecule has 0 saturated carbocycles. The molecule has 0 radical (unpaired) electrons.